The van der Waals surface area contributed by atoms with Crippen LogP contribution in [-0.2, 0) is 17.6 Å². The van der Waals surface area contributed by atoms with Gasteiger partial charge in [0.05, 0.1) is 28.7 Å². The molecule has 1 aliphatic heterocycles. The van der Waals surface area contributed by atoms with Crippen molar-refractivity contribution >= 4 is 25.3 Å². The minimum Gasteiger partial charge on any atom is -0.493 e. The van der Waals surface area contributed by atoms with Crippen LogP contribution in [-0.4, -0.2) is 34.7 Å². The molecule has 2 aromatic carbocycles. The Kier molecular flexibility index (Phi) is 5.94. The van der Waals surface area contributed by atoms with Gasteiger partial charge in [-0.25, -0.2) is 0 Å². The highest BCUT2D eigenvalue weighted by atomic mass is 28.3. The number of carbonyl (C=O) groups is 1. The molecule has 0 saturated carbocycles. The number of fused-ring (bicyclic) bond motifs is 2. The molecule has 1 N–H and O–H groups in total. The molecule has 0 spiro atoms. The monoisotopic (exact) mass is 395 g/mol. The SMILES string of the molecule is COc1cc2c(cc1OC)/C([Si](C)(C)C)=C\c1ccccc1CC(=O)NCC2. The standard InChI is InChI=1S/C23H29NO3Si/c1-26-20-12-18-10-11-24-23(25)14-17-9-7-6-8-16(17)13-22(28(3,4)5)19(18)15-21(20)27-2/h6-9,12-13,15H,10-11,14H2,1-5H3,(H,24,25)/b22-13+. The van der Waals surface area contributed by atoms with Gasteiger partial charge in [-0.3, -0.25) is 4.79 Å². The van der Waals surface area contributed by atoms with E-state index in [1.165, 1.54) is 16.3 Å². The fourth-order valence-electron chi connectivity index (χ4n) is 3.64. The third-order valence-electron chi connectivity index (χ3n) is 5.13. The molecule has 0 atom stereocenters. The second kappa shape index (κ2) is 8.23. The van der Waals surface area contributed by atoms with E-state index in [-0.39, 0.29) is 5.91 Å². The van der Waals surface area contributed by atoms with Crippen LogP contribution in [0.5, 0.6) is 11.5 Å². The minimum atomic E-state index is -1.71. The Morgan fingerprint density at radius 2 is 1.64 bits per heavy atom. The molecule has 0 aromatic heterocycles. The summed E-state index contributed by atoms with van der Waals surface area (Å²) in [4.78, 5) is 12.4. The zero-order valence-electron chi connectivity index (χ0n) is 17.4. The van der Waals surface area contributed by atoms with Crippen molar-refractivity contribution < 1.29 is 14.3 Å². The van der Waals surface area contributed by atoms with Crippen LogP contribution in [0.15, 0.2) is 36.4 Å². The van der Waals surface area contributed by atoms with Gasteiger partial charge >= 0.3 is 0 Å². The van der Waals surface area contributed by atoms with Crippen molar-refractivity contribution in [2.75, 3.05) is 20.8 Å². The van der Waals surface area contributed by atoms with Crippen molar-refractivity contribution in [1.29, 1.82) is 0 Å². The lowest BCUT2D eigenvalue weighted by Gasteiger charge is -2.25. The van der Waals surface area contributed by atoms with Gasteiger partial charge in [0, 0.05) is 6.54 Å². The molecule has 148 valence electrons. The van der Waals surface area contributed by atoms with E-state index in [1.54, 1.807) is 14.2 Å². The maximum absolute atomic E-state index is 12.4. The predicted octanol–water partition coefficient (Wildman–Crippen LogP) is 4.34. The molecule has 0 aliphatic carbocycles. The van der Waals surface area contributed by atoms with Crippen LogP contribution in [0.4, 0.5) is 0 Å². The van der Waals surface area contributed by atoms with Crippen molar-refractivity contribution in [3.63, 3.8) is 0 Å². The Balaban J connectivity index is 2.30. The highest BCUT2D eigenvalue weighted by Crippen LogP contribution is 2.38. The number of nitrogens with one attached hydrogen (secondary N) is 1. The van der Waals surface area contributed by atoms with E-state index in [0.29, 0.717) is 13.0 Å². The summed E-state index contributed by atoms with van der Waals surface area (Å²) < 4.78 is 11.1. The molecule has 0 saturated heterocycles. The molecule has 0 radical (unpaired) electrons. The van der Waals surface area contributed by atoms with Gasteiger partial charge in [-0.1, -0.05) is 55.2 Å². The van der Waals surface area contributed by atoms with Crippen LogP contribution in [0.1, 0.15) is 22.3 Å². The van der Waals surface area contributed by atoms with Crippen LogP contribution in [0.2, 0.25) is 19.6 Å². The fraction of sp³-hybridized carbons (Fsp3) is 0.348. The number of ether oxygens (including phenoxy) is 2. The molecule has 4 nitrogen and oxygen atoms in total. The van der Waals surface area contributed by atoms with Crippen LogP contribution in [0, 0.1) is 0 Å². The quantitative estimate of drug-likeness (QED) is 0.787. The summed E-state index contributed by atoms with van der Waals surface area (Å²) in [6.45, 7) is 7.66. The highest BCUT2D eigenvalue weighted by Gasteiger charge is 2.26. The van der Waals surface area contributed by atoms with Gasteiger partial charge in [0.15, 0.2) is 11.5 Å². The van der Waals surface area contributed by atoms with E-state index in [9.17, 15) is 4.79 Å². The summed E-state index contributed by atoms with van der Waals surface area (Å²) >= 11 is 0. The molecule has 0 bridgehead atoms. The highest BCUT2D eigenvalue weighted by molar-refractivity contribution is 6.94. The number of hydrogen-bond donors (Lipinski definition) is 1. The van der Waals surface area contributed by atoms with Crippen molar-refractivity contribution in [1.82, 2.24) is 5.32 Å². The average molecular weight is 396 g/mol. The molecular formula is C23H29NO3Si. The number of methoxy groups -OCH3 is 2. The number of rotatable bonds is 3. The van der Waals surface area contributed by atoms with E-state index in [4.69, 9.17) is 9.47 Å². The molecule has 1 aliphatic rings. The number of hydrogen-bond acceptors (Lipinski definition) is 3. The van der Waals surface area contributed by atoms with Crippen LogP contribution in [0.25, 0.3) is 11.3 Å². The van der Waals surface area contributed by atoms with Gasteiger partial charge in [-0.05, 0) is 40.8 Å². The van der Waals surface area contributed by atoms with Crippen LogP contribution in [0.3, 0.4) is 0 Å². The van der Waals surface area contributed by atoms with Crippen LogP contribution >= 0.6 is 0 Å². The maximum Gasteiger partial charge on any atom is 0.224 e. The molecule has 28 heavy (non-hydrogen) atoms. The molecule has 0 unspecified atom stereocenters. The molecule has 3 rings (SSSR count). The first-order valence-electron chi connectivity index (χ1n) is 9.65. The molecule has 0 fully saturated rings. The Hall–Kier alpha value is -2.53. The summed E-state index contributed by atoms with van der Waals surface area (Å²) in [6, 6.07) is 12.3. The summed E-state index contributed by atoms with van der Waals surface area (Å²) in [5.41, 5.74) is 4.53. The first-order valence-corrected chi connectivity index (χ1v) is 13.2. The van der Waals surface area contributed by atoms with Gasteiger partial charge < -0.3 is 14.8 Å². The summed E-state index contributed by atoms with van der Waals surface area (Å²) in [5, 5.41) is 4.41. The molecule has 1 amide bonds. The summed E-state index contributed by atoms with van der Waals surface area (Å²) in [7, 11) is 1.62. The number of benzene rings is 2. The Labute approximate surface area is 168 Å². The Morgan fingerprint density at radius 1 is 0.964 bits per heavy atom. The zero-order chi connectivity index (χ0) is 20.3. The van der Waals surface area contributed by atoms with Crippen LogP contribution < -0.4 is 14.8 Å². The topological polar surface area (TPSA) is 47.6 Å². The maximum atomic E-state index is 12.4. The van der Waals surface area contributed by atoms with E-state index >= 15 is 0 Å². The van der Waals surface area contributed by atoms with Crippen molar-refractivity contribution in [2.24, 2.45) is 0 Å². The number of amides is 1. The first-order chi connectivity index (χ1) is 13.3. The third-order valence-corrected chi connectivity index (χ3v) is 7.16. The summed E-state index contributed by atoms with van der Waals surface area (Å²) in [6.07, 6.45) is 3.43. The third kappa shape index (κ3) is 4.30. The molecular weight excluding hydrogens is 366 g/mol. The van der Waals surface area contributed by atoms with Gasteiger partial charge in [-0.15, -0.1) is 0 Å². The van der Waals surface area contributed by atoms with Gasteiger partial charge in [0.2, 0.25) is 5.91 Å². The molecule has 5 heteroatoms. The summed E-state index contributed by atoms with van der Waals surface area (Å²) in [5.74, 6) is 1.51. The van der Waals surface area contributed by atoms with E-state index < -0.39 is 8.07 Å². The molecule has 1 heterocycles. The lowest BCUT2D eigenvalue weighted by atomic mass is 10.00. The molecule has 2 aromatic rings. The lowest BCUT2D eigenvalue weighted by Crippen LogP contribution is -2.27. The zero-order valence-corrected chi connectivity index (χ0v) is 18.4. The predicted molar refractivity (Wildman–Crippen MR) is 118 cm³/mol. The van der Waals surface area contributed by atoms with Crippen molar-refractivity contribution in [3.05, 3.63) is 58.7 Å². The largest absolute Gasteiger partial charge is 0.493 e. The van der Waals surface area contributed by atoms with E-state index in [2.05, 4.69) is 49.2 Å². The van der Waals surface area contributed by atoms with Crippen molar-refractivity contribution in [2.45, 2.75) is 32.5 Å². The second-order valence-electron chi connectivity index (χ2n) is 8.15. The van der Waals surface area contributed by atoms with E-state index in [1.807, 2.05) is 18.2 Å². The second-order valence-corrected chi connectivity index (χ2v) is 13.2. The van der Waals surface area contributed by atoms with E-state index in [0.717, 1.165) is 29.0 Å². The van der Waals surface area contributed by atoms with Gasteiger partial charge in [-0.2, -0.15) is 0 Å². The van der Waals surface area contributed by atoms with Crippen molar-refractivity contribution in [3.8, 4) is 11.5 Å². The average Bonchev–Trinajstić information content (AvgIpc) is 2.68. The van der Waals surface area contributed by atoms with Gasteiger partial charge in [0.25, 0.3) is 0 Å². The smallest absolute Gasteiger partial charge is 0.224 e. The normalized spacial score (nSPS) is 16.6. The lowest BCUT2D eigenvalue weighted by molar-refractivity contribution is -0.120. The number of carbonyl (C=O) groups excluding carboxylic acids is 1. The van der Waals surface area contributed by atoms with Gasteiger partial charge in [0.1, 0.15) is 0 Å². The minimum absolute atomic E-state index is 0.0549. The fourth-order valence-corrected chi connectivity index (χ4v) is 5.27. The first kappa shape index (κ1) is 20.2. The Morgan fingerprint density at radius 3 is 2.32 bits per heavy atom. The Bertz CT molecular complexity index is 913.